The van der Waals surface area contributed by atoms with Crippen molar-refractivity contribution in [2.75, 3.05) is 0 Å². The molecule has 5 atom stereocenters. The molecule has 2 saturated carbocycles. The Morgan fingerprint density at radius 1 is 1.10 bits per heavy atom. The van der Waals surface area contributed by atoms with E-state index in [-0.39, 0.29) is 17.0 Å². The van der Waals surface area contributed by atoms with Crippen LogP contribution in [0.1, 0.15) is 58.8 Å². The van der Waals surface area contributed by atoms with Gasteiger partial charge in [0, 0.05) is 18.8 Å². The predicted molar refractivity (Wildman–Crippen MR) is 78.5 cm³/mol. The zero-order valence-electron chi connectivity index (χ0n) is 13.0. The number of hydrogen-bond acceptors (Lipinski definition) is 3. The molecule has 4 rings (SSSR count). The van der Waals surface area contributed by atoms with Gasteiger partial charge in [0.2, 0.25) is 0 Å². The SMILES string of the molecule is C[C@@]12CC[C@H]3[C@H](CCC4=CC(=O)C[C@]43C)[C@@H]1CCC(=O)O2. The highest BCUT2D eigenvalue weighted by atomic mass is 16.6. The molecule has 0 spiro atoms. The Hall–Kier alpha value is -1.12. The summed E-state index contributed by atoms with van der Waals surface area (Å²) in [4.78, 5) is 23.6. The number of allylic oxidation sites excluding steroid dienone is 2. The molecule has 0 bridgehead atoms. The number of hydrogen-bond donors (Lipinski definition) is 0. The predicted octanol–water partition coefficient (Wildman–Crippen LogP) is 3.42. The van der Waals surface area contributed by atoms with Gasteiger partial charge in [-0.3, -0.25) is 9.59 Å². The minimum Gasteiger partial charge on any atom is -0.459 e. The fourth-order valence-corrected chi connectivity index (χ4v) is 5.93. The van der Waals surface area contributed by atoms with E-state index in [2.05, 4.69) is 13.8 Å². The minimum absolute atomic E-state index is 0.0224. The smallest absolute Gasteiger partial charge is 0.306 e. The number of carbonyl (C=O) groups is 2. The highest BCUT2D eigenvalue weighted by molar-refractivity contribution is 5.94. The van der Waals surface area contributed by atoms with Gasteiger partial charge in [0.15, 0.2) is 5.78 Å². The molecule has 1 aliphatic heterocycles. The molecule has 3 heteroatoms. The second-order valence-corrected chi connectivity index (χ2v) is 8.01. The van der Waals surface area contributed by atoms with E-state index in [1.165, 1.54) is 5.57 Å². The van der Waals surface area contributed by atoms with Crippen LogP contribution in [0, 0.1) is 23.2 Å². The highest BCUT2D eigenvalue weighted by Gasteiger charge is 2.58. The van der Waals surface area contributed by atoms with Crippen LogP contribution in [0.4, 0.5) is 0 Å². The normalized spacial score (nSPS) is 48.9. The highest BCUT2D eigenvalue weighted by Crippen LogP contribution is 2.62. The summed E-state index contributed by atoms with van der Waals surface area (Å²) in [6.45, 7) is 4.44. The molecule has 3 aliphatic carbocycles. The van der Waals surface area contributed by atoms with Crippen LogP contribution in [0.25, 0.3) is 0 Å². The molecular weight excluding hydrogens is 264 g/mol. The summed E-state index contributed by atoms with van der Waals surface area (Å²) in [7, 11) is 0. The van der Waals surface area contributed by atoms with Crippen LogP contribution >= 0.6 is 0 Å². The fourth-order valence-electron chi connectivity index (χ4n) is 5.93. The van der Waals surface area contributed by atoms with Crippen LogP contribution in [0.5, 0.6) is 0 Å². The number of ether oxygens (including phenoxy) is 1. The quantitative estimate of drug-likeness (QED) is 0.641. The molecule has 3 fully saturated rings. The first-order valence-corrected chi connectivity index (χ1v) is 8.38. The third-order valence-electron chi connectivity index (χ3n) is 6.95. The zero-order valence-corrected chi connectivity index (χ0v) is 13.0. The summed E-state index contributed by atoms with van der Waals surface area (Å²) < 4.78 is 5.77. The van der Waals surface area contributed by atoms with E-state index in [0.717, 1.165) is 32.1 Å². The summed E-state index contributed by atoms with van der Waals surface area (Å²) in [6.07, 6.45) is 8.44. The van der Waals surface area contributed by atoms with Gasteiger partial charge in [-0.2, -0.15) is 0 Å². The van der Waals surface area contributed by atoms with Crippen LogP contribution in [-0.4, -0.2) is 17.4 Å². The lowest BCUT2D eigenvalue weighted by Crippen LogP contribution is -2.56. The van der Waals surface area contributed by atoms with Crippen LogP contribution in [-0.2, 0) is 14.3 Å². The van der Waals surface area contributed by atoms with Gasteiger partial charge in [-0.15, -0.1) is 0 Å². The van der Waals surface area contributed by atoms with Gasteiger partial charge in [-0.1, -0.05) is 12.5 Å². The fraction of sp³-hybridized carbons (Fsp3) is 0.778. The van der Waals surface area contributed by atoms with Crippen LogP contribution in [0.2, 0.25) is 0 Å². The third kappa shape index (κ3) is 1.79. The maximum atomic E-state index is 11.9. The Bertz CT molecular complexity index is 549. The maximum Gasteiger partial charge on any atom is 0.306 e. The standard InChI is InChI=1S/C18H24O3/c1-17-10-12(19)9-11(17)3-4-13-14(17)7-8-18(2)15(13)5-6-16(20)21-18/h9,13-15H,3-8,10H2,1-2H3/t13-,14-,15-,17+,18+/m0/s1. The monoisotopic (exact) mass is 288 g/mol. The van der Waals surface area contributed by atoms with Crippen molar-refractivity contribution < 1.29 is 14.3 Å². The first-order valence-electron chi connectivity index (χ1n) is 8.38. The number of rotatable bonds is 0. The van der Waals surface area contributed by atoms with Crippen molar-refractivity contribution in [3.63, 3.8) is 0 Å². The third-order valence-corrected chi connectivity index (χ3v) is 6.95. The van der Waals surface area contributed by atoms with Crippen LogP contribution in [0.3, 0.4) is 0 Å². The molecule has 0 aromatic rings. The van der Waals surface area contributed by atoms with Crippen LogP contribution in [0.15, 0.2) is 11.6 Å². The van der Waals surface area contributed by atoms with Crippen molar-refractivity contribution in [2.45, 2.75) is 64.4 Å². The molecule has 0 aromatic carbocycles. The zero-order chi connectivity index (χ0) is 14.8. The largest absolute Gasteiger partial charge is 0.459 e. The molecule has 0 amide bonds. The van der Waals surface area contributed by atoms with E-state index < -0.39 is 0 Å². The lowest BCUT2D eigenvalue weighted by Gasteiger charge is -2.57. The van der Waals surface area contributed by atoms with Gasteiger partial charge >= 0.3 is 5.97 Å². The molecular formula is C18H24O3. The summed E-state index contributed by atoms with van der Waals surface area (Å²) in [5.41, 5.74) is 1.23. The average molecular weight is 288 g/mol. The first kappa shape index (κ1) is 13.5. The van der Waals surface area contributed by atoms with E-state index in [9.17, 15) is 9.59 Å². The van der Waals surface area contributed by atoms with E-state index in [0.29, 0.717) is 36.4 Å². The second kappa shape index (κ2) is 4.21. The first-order chi connectivity index (χ1) is 9.92. The number of esters is 1. The minimum atomic E-state index is -0.253. The van der Waals surface area contributed by atoms with Crippen molar-refractivity contribution >= 4 is 11.8 Å². The molecule has 0 N–H and O–H groups in total. The maximum absolute atomic E-state index is 11.9. The number of fused-ring (bicyclic) bond motifs is 5. The molecule has 21 heavy (non-hydrogen) atoms. The van der Waals surface area contributed by atoms with E-state index >= 15 is 0 Å². The average Bonchev–Trinajstić information content (AvgIpc) is 2.71. The molecule has 3 nitrogen and oxygen atoms in total. The lowest BCUT2D eigenvalue weighted by molar-refractivity contribution is -0.193. The number of carbonyl (C=O) groups excluding carboxylic acids is 2. The molecule has 1 saturated heterocycles. The Kier molecular flexibility index (Phi) is 2.71. The van der Waals surface area contributed by atoms with Gasteiger partial charge in [0.05, 0.1) is 0 Å². The lowest BCUT2D eigenvalue weighted by atomic mass is 9.50. The Morgan fingerprint density at radius 3 is 2.71 bits per heavy atom. The van der Waals surface area contributed by atoms with E-state index in [1.807, 2.05) is 6.08 Å². The number of ketones is 1. The second-order valence-electron chi connectivity index (χ2n) is 8.01. The van der Waals surface area contributed by atoms with Gasteiger partial charge < -0.3 is 4.74 Å². The Balaban J connectivity index is 1.67. The van der Waals surface area contributed by atoms with Crippen molar-refractivity contribution in [3.8, 4) is 0 Å². The van der Waals surface area contributed by atoms with Gasteiger partial charge in [0.25, 0.3) is 0 Å². The van der Waals surface area contributed by atoms with E-state index in [1.54, 1.807) is 0 Å². The molecule has 1 heterocycles. The Labute approximate surface area is 126 Å². The summed E-state index contributed by atoms with van der Waals surface area (Å²) in [5.74, 6) is 1.99. The van der Waals surface area contributed by atoms with Crippen molar-refractivity contribution in [1.82, 2.24) is 0 Å². The summed E-state index contributed by atoms with van der Waals surface area (Å²) >= 11 is 0. The van der Waals surface area contributed by atoms with Crippen LogP contribution < -0.4 is 0 Å². The summed E-state index contributed by atoms with van der Waals surface area (Å²) in [6, 6.07) is 0. The van der Waals surface area contributed by atoms with E-state index in [4.69, 9.17) is 4.74 Å². The molecule has 0 unspecified atom stereocenters. The van der Waals surface area contributed by atoms with Crippen molar-refractivity contribution in [1.29, 1.82) is 0 Å². The van der Waals surface area contributed by atoms with Gasteiger partial charge in [0.1, 0.15) is 5.60 Å². The molecule has 0 radical (unpaired) electrons. The Morgan fingerprint density at radius 2 is 1.90 bits per heavy atom. The summed E-state index contributed by atoms with van der Waals surface area (Å²) in [5, 5.41) is 0. The van der Waals surface area contributed by atoms with Crippen molar-refractivity contribution in [2.24, 2.45) is 23.2 Å². The van der Waals surface area contributed by atoms with Gasteiger partial charge in [-0.25, -0.2) is 0 Å². The molecule has 4 aliphatic rings. The van der Waals surface area contributed by atoms with Crippen molar-refractivity contribution in [3.05, 3.63) is 11.6 Å². The molecule has 114 valence electrons. The van der Waals surface area contributed by atoms with Gasteiger partial charge in [-0.05, 0) is 62.4 Å². The molecule has 0 aromatic heterocycles. The topological polar surface area (TPSA) is 43.4 Å².